The van der Waals surface area contributed by atoms with E-state index < -0.39 is 15.4 Å². The topological polar surface area (TPSA) is 116 Å². The highest BCUT2D eigenvalue weighted by Gasteiger charge is 2.47. The van der Waals surface area contributed by atoms with E-state index in [0.717, 1.165) is 58.2 Å². The molecular weight excluding hydrogens is 566 g/mol. The van der Waals surface area contributed by atoms with Crippen LogP contribution in [0.5, 0.6) is 0 Å². The van der Waals surface area contributed by atoms with Gasteiger partial charge < -0.3 is 10.2 Å². The number of carbonyl (C=O) groups excluding carboxylic acids is 1. The van der Waals surface area contributed by atoms with Crippen molar-refractivity contribution in [1.82, 2.24) is 15.3 Å². The first kappa shape index (κ1) is 27.2. The third-order valence-electron chi connectivity index (χ3n) is 8.22. The van der Waals surface area contributed by atoms with E-state index in [-0.39, 0.29) is 29.2 Å². The lowest BCUT2D eigenvalue weighted by Gasteiger charge is -2.31. The number of rotatable bonds is 6. The number of nitrogens with zero attached hydrogens (tertiary/aromatic N) is 4. The molecule has 11 heteroatoms. The average molecular weight is 596 g/mol. The van der Waals surface area contributed by atoms with Gasteiger partial charge in [-0.05, 0) is 55.5 Å². The fraction of sp³-hybridized carbons (Fsp3) is 0.448. The van der Waals surface area contributed by atoms with E-state index in [1.807, 2.05) is 18.2 Å². The van der Waals surface area contributed by atoms with Crippen LogP contribution in [0.1, 0.15) is 50.1 Å². The van der Waals surface area contributed by atoms with E-state index in [4.69, 9.17) is 16.6 Å². The molecule has 0 radical (unpaired) electrons. The molecule has 1 saturated heterocycles. The largest absolute Gasteiger partial charge is 0.369 e. The van der Waals surface area contributed by atoms with Gasteiger partial charge in [-0.15, -0.1) is 11.3 Å². The summed E-state index contributed by atoms with van der Waals surface area (Å²) in [4.78, 5) is 26.2. The summed E-state index contributed by atoms with van der Waals surface area (Å²) in [5, 5.41) is 13.9. The highest BCUT2D eigenvalue weighted by molar-refractivity contribution is 7.91. The number of aromatic nitrogens is 2. The van der Waals surface area contributed by atoms with Gasteiger partial charge in [0.25, 0.3) is 0 Å². The van der Waals surface area contributed by atoms with Crippen LogP contribution in [0.15, 0.2) is 42.6 Å². The molecule has 1 N–H and O–H groups in total. The van der Waals surface area contributed by atoms with Crippen molar-refractivity contribution >= 4 is 44.4 Å². The molecule has 0 unspecified atom stereocenters. The lowest BCUT2D eigenvalue weighted by Crippen LogP contribution is -2.42. The molecule has 2 aromatic heterocycles. The first-order valence-corrected chi connectivity index (χ1v) is 16.7. The molecule has 0 spiro atoms. The van der Waals surface area contributed by atoms with Crippen LogP contribution in [-0.2, 0) is 14.6 Å². The average Bonchev–Trinajstić information content (AvgIpc) is 3.60. The highest BCUT2D eigenvalue weighted by Crippen LogP contribution is 2.46. The van der Waals surface area contributed by atoms with E-state index in [2.05, 4.69) is 33.4 Å². The van der Waals surface area contributed by atoms with Gasteiger partial charge in [-0.1, -0.05) is 36.6 Å². The molecule has 40 heavy (non-hydrogen) atoms. The Kier molecular flexibility index (Phi) is 7.32. The quantitative estimate of drug-likeness (QED) is 0.416. The van der Waals surface area contributed by atoms with Crippen LogP contribution < -0.4 is 10.2 Å². The normalized spacial score (nSPS) is 23.2. The lowest BCUT2D eigenvalue weighted by atomic mass is 9.76. The van der Waals surface area contributed by atoms with E-state index in [9.17, 15) is 18.5 Å². The molecule has 1 aliphatic heterocycles. The van der Waals surface area contributed by atoms with Crippen molar-refractivity contribution in [1.29, 1.82) is 5.26 Å². The van der Waals surface area contributed by atoms with E-state index >= 15 is 0 Å². The number of hydrogen-bond acceptors (Lipinski definition) is 8. The fourth-order valence-corrected chi connectivity index (χ4v) is 8.12. The Bertz CT molecular complexity index is 1550. The summed E-state index contributed by atoms with van der Waals surface area (Å²) in [6, 6.07) is 14.1. The molecule has 1 aromatic carbocycles. The Morgan fingerprint density at radius 2 is 1.82 bits per heavy atom. The summed E-state index contributed by atoms with van der Waals surface area (Å²) in [5.41, 5.74) is 2.92. The van der Waals surface area contributed by atoms with Gasteiger partial charge in [0.15, 0.2) is 9.84 Å². The molecule has 3 aromatic rings. The fourth-order valence-electron chi connectivity index (χ4n) is 5.69. The number of nitriles is 1. The van der Waals surface area contributed by atoms with Crippen LogP contribution in [0.25, 0.3) is 21.1 Å². The molecule has 2 saturated carbocycles. The number of thiazole rings is 1. The molecule has 2 aliphatic carbocycles. The monoisotopic (exact) mass is 595 g/mol. The Morgan fingerprint density at radius 1 is 1.10 bits per heavy atom. The second kappa shape index (κ2) is 10.8. The molecule has 3 heterocycles. The highest BCUT2D eigenvalue weighted by atomic mass is 35.5. The molecule has 3 aliphatic rings. The van der Waals surface area contributed by atoms with Gasteiger partial charge in [0, 0.05) is 36.8 Å². The minimum absolute atomic E-state index is 0.0516. The number of benzene rings is 1. The summed E-state index contributed by atoms with van der Waals surface area (Å²) in [7, 11) is -2.95. The SMILES string of the molecule is N#CC1(NC(=O)[C@@H]2CCCC[C@H]2c2nc(-c3ccc(Cl)cn3)sc2-c2ccc(N3CCS(=O)(=O)CC3)cc2)CC1. The zero-order chi connectivity index (χ0) is 27.9. The summed E-state index contributed by atoms with van der Waals surface area (Å²) in [6.07, 6.45) is 6.62. The van der Waals surface area contributed by atoms with Gasteiger partial charge in [0.05, 0.1) is 38.9 Å². The Balaban J connectivity index is 1.35. The van der Waals surface area contributed by atoms with Crippen LogP contribution in [-0.4, -0.2) is 54.4 Å². The smallest absolute Gasteiger partial charge is 0.225 e. The maximum Gasteiger partial charge on any atom is 0.225 e. The second-order valence-electron chi connectivity index (χ2n) is 11.0. The number of pyridine rings is 1. The van der Waals surface area contributed by atoms with Crippen molar-refractivity contribution in [2.24, 2.45) is 5.92 Å². The summed E-state index contributed by atoms with van der Waals surface area (Å²) < 4.78 is 23.7. The van der Waals surface area contributed by atoms with Crippen LogP contribution in [0, 0.1) is 17.2 Å². The molecule has 3 fully saturated rings. The first-order valence-electron chi connectivity index (χ1n) is 13.7. The van der Waals surface area contributed by atoms with Crippen LogP contribution >= 0.6 is 22.9 Å². The predicted octanol–water partition coefficient (Wildman–Crippen LogP) is 5.21. The number of nitrogens with one attached hydrogen (secondary N) is 1. The third-order valence-corrected chi connectivity index (χ3v) is 11.2. The molecule has 8 nitrogen and oxygen atoms in total. The number of amides is 1. The molecule has 2 atom stereocenters. The van der Waals surface area contributed by atoms with Gasteiger partial charge in [0.2, 0.25) is 5.91 Å². The van der Waals surface area contributed by atoms with Gasteiger partial charge >= 0.3 is 0 Å². The van der Waals surface area contributed by atoms with E-state index in [1.54, 1.807) is 23.6 Å². The van der Waals surface area contributed by atoms with Crippen molar-refractivity contribution in [2.75, 3.05) is 29.5 Å². The van der Waals surface area contributed by atoms with Crippen molar-refractivity contribution in [3.8, 4) is 27.2 Å². The van der Waals surface area contributed by atoms with Gasteiger partial charge in [-0.3, -0.25) is 9.78 Å². The van der Waals surface area contributed by atoms with Crippen molar-refractivity contribution in [3.63, 3.8) is 0 Å². The van der Waals surface area contributed by atoms with Crippen molar-refractivity contribution in [2.45, 2.75) is 50.0 Å². The maximum absolute atomic E-state index is 13.5. The number of anilines is 1. The minimum Gasteiger partial charge on any atom is -0.369 e. The molecule has 208 valence electrons. The maximum atomic E-state index is 13.5. The number of hydrogen-bond donors (Lipinski definition) is 1. The van der Waals surface area contributed by atoms with Gasteiger partial charge in [-0.2, -0.15) is 5.26 Å². The zero-order valence-corrected chi connectivity index (χ0v) is 24.4. The van der Waals surface area contributed by atoms with Crippen LogP contribution in [0.3, 0.4) is 0 Å². The molecule has 6 rings (SSSR count). The first-order chi connectivity index (χ1) is 19.3. The van der Waals surface area contributed by atoms with Crippen molar-refractivity contribution < 1.29 is 13.2 Å². The summed E-state index contributed by atoms with van der Waals surface area (Å²) in [5.74, 6) is -0.0277. The molecule has 0 bridgehead atoms. The van der Waals surface area contributed by atoms with Crippen molar-refractivity contribution in [3.05, 3.63) is 53.3 Å². The summed E-state index contributed by atoms with van der Waals surface area (Å²) in [6.45, 7) is 0.978. The minimum atomic E-state index is -2.95. The lowest BCUT2D eigenvalue weighted by molar-refractivity contribution is -0.127. The van der Waals surface area contributed by atoms with Gasteiger partial charge in [0.1, 0.15) is 10.5 Å². The number of carbonyl (C=O) groups is 1. The van der Waals surface area contributed by atoms with Gasteiger partial charge in [-0.25, -0.2) is 13.4 Å². The second-order valence-corrected chi connectivity index (χ2v) is 14.7. The molecular formula is C29H30ClN5O3S2. The molecule has 1 amide bonds. The van der Waals surface area contributed by atoms with Crippen LogP contribution in [0.2, 0.25) is 5.02 Å². The predicted molar refractivity (Wildman–Crippen MR) is 157 cm³/mol. The number of halogens is 1. The van der Waals surface area contributed by atoms with Crippen LogP contribution in [0.4, 0.5) is 5.69 Å². The standard InChI is InChI=1S/C29H30ClN5O3S2/c30-20-7-10-24(32-17-20)28-33-25(22-3-1-2-4-23(22)27(36)34-29(18-31)11-12-29)26(39-28)19-5-8-21(9-6-19)35-13-15-40(37,38)16-14-35/h5-10,17,22-23H,1-4,11-16H2,(H,34,36)/t22-,23-/m1/s1. The Labute approximate surface area is 243 Å². The zero-order valence-electron chi connectivity index (χ0n) is 22.0. The van der Waals surface area contributed by atoms with E-state index in [1.165, 1.54) is 0 Å². The Hall–Kier alpha value is -3.00. The van der Waals surface area contributed by atoms with E-state index in [0.29, 0.717) is 31.0 Å². The number of sulfone groups is 1. The third kappa shape index (κ3) is 5.60. The Morgan fingerprint density at radius 3 is 2.48 bits per heavy atom. The summed E-state index contributed by atoms with van der Waals surface area (Å²) >= 11 is 7.64.